The lowest BCUT2D eigenvalue weighted by Crippen LogP contribution is -2.48. The van der Waals surface area contributed by atoms with Gasteiger partial charge in [-0.1, -0.05) is 63.6 Å². The second kappa shape index (κ2) is 15.5. The molecule has 0 saturated carbocycles. The number of hydrogen-bond acceptors (Lipinski definition) is 5. The van der Waals surface area contributed by atoms with Crippen LogP contribution in [0.5, 0.6) is 0 Å². The van der Waals surface area contributed by atoms with Crippen molar-refractivity contribution < 1.29 is 19.1 Å². The Hall–Kier alpha value is -2.25. The van der Waals surface area contributed by atoms with Gasteiger partial charge in [-0.2, -0.15) is 0 Å². The van der Waals surface area contributed by atoms with Gasteiger partial charge in [0.2, 0.25) is 12.3 Å². The first-order valence-electron chi connectivity index (χ1n) is 11.3. The van der Waals surface area contributed by atoms with Crippen molar-refractivity contribution in [3.8, 4) is 0 Å². The number of rotatable bonds is 10. The molecule has 0 spiro atoms. The first-order chi connectivity index (χ1) is 14.9. The van der Waals surface area contributed by atoms with Crippen LogP contribution in [-0.2, 0) is 19.1 Å². The molecule has 2 rings (SSSR count). The van der Waals surface area contributed by atoms with Gasteiger partial charge in [0.05, 0.1) is 19.2 Å². The van der Waals surface area contributed by atoms with E-state index in [-0.39, 0.29) is 24.2 Å². The van der Waals surface area contributed by atoms with Crippen molar-refractivity contribution in [1.29, 1.82) is 0 Å². The fourth-order valence-electron chi connectivity index (χ4n) is 2.98. The van der Waals surface area contributed by atoms with Crippen molar-refractivity contribution >= 4 is 18.1 Å². The molecule has 1 saturated heterocycles. The second-order valence-electron chi connectivity index (χ2n) is 9.39. The maximum Gasteiger partial charge on any atom is 0.239 e. The smallest absolute Gasteiger partial charge is 0.239 e. The molecule has 1 heterocycles. The molecule has 1 aliphatic rings. The largest absolute Gasteiger partial charge is 0.361 e. The van der Waals surface area contributed by atoms with Crippen LogP contribution in [0.25, 0.3) is 0 Å². The quantitative estimate of drug-likeness (QED) is 0.375. The molecular formula is C25H43N3O4. The fraction of sp³-hybridized carbons (Fsp3) is 0.640. The maximum absolute atomic E-state index is 12.1. The molecule has 32 heavy (non-hydrogen) atoms. The first kappa shape index (κ1) is 29.8. The van der Waals surface area contributed by atoms with E-state index >= 15 is 0 Å². The van der Waals surface area contributed by atoms with Crippen LogP contribution in [0.1, 0.15) is 59.9 Å². The molecule has 182 valence electrons. The number of amides is 2. The highest BCUT2D eigenvalue weighted by Gasteiger charge is 2.49. The van der Waals surface area contributed by atoms with E-state index in [0.29, 0.717) is 25.5 Å². The Labute approximate surface area is 193 Å². The van der Waals surface area contributed by atoms with Crippen molar-refractivity contribution in [2.45, 2.75) is 79.0 Å². The summed E-state index contributed by atoms with van der Waals surface area (Å²) in [6.45, 7) is 14.5. The van der Waals surface area contributed by atoms with Gasteiger partial charge in [0, 0.05) is 6.04 Å². The monoisotopic (exact) mass is 449 g/mol. The van der Waals surface area contributed by atoms with Crippen molar-refractivity contribution in [1.82, 2.24) is 10.6 Å². The Morgan fingerprint density at radius 3 is 1.94 bits per heavy atom. The minimum absolute atomic E-state index is 0.101. The highest BCUT2D eigenvalue weighted by atomic mass is 16.6. The van der Waals surface area contributed by atoms with Gasteiger partial charge in [-0.15, -0.1) is 0 Å². The second-order valence-corrected chi connectivity index (χ2v) is 9.39. The van der Waals surface area contributed by atoms with Crippen LogP contribution in [-0.4, -0.2) is 48.9 Å². The number of nitrogens with one attached hydrogen (secondary N) is 2. The molecule has 2 amide bonds. The van der Waals surface area contributed by atoms with Crippen LogP contribution < -0.4 is 16.4 Å². The zero-order valence-corrected chi connectivity index (χ0v) is 20.8. The van der Waals surface area contributed by atoms with E-state index in [2.05, 4.69) is 43.5 Å². The van der Waals surface area contributed by atoms with Crippen molar-refractivity contribution in [2.75, 3.05) is 13.2 Å². The number of benzene rings is 1. The third-order valence-electron chi connectivity index (χ3n) is 4.59. The summed E-state index contributed by atoms with van der Waals surface area (Å²) >= 11 is 0. The lowest BCUT2D eigenvalue weighted by molar-refractivity contribution is -0.130. The molecule has 7 heteroatoms. The van der Waals surface area contributed by atoms with Crippen LogP contribution >= 0.6 is 0 Å². The fourth-order valence-corrected chi connectivity index (χ4v) is 2.98. The van der Waals surface area contributed by atoms with Crippen LogP contribution in [0.4, 0.5) is 0 Å². The van der Waals surface area contributed by atoms with E-state index in [1.165, 1.54) is 5.56 Å². The van der Waals surface area contributed by atoms with E-state index in [4.69, 9.17) is 10.5 Å². The van der Waals surface area contributed by atoms with Gasteiger partial charge in [-0.05, 0) is 45.4 Å². The standard InChI is InChI=1S/C12H20N2O4.C7H8.C6H15N/c1-8(2)4-9(11(17)12(3)6-18-12)14-10(16)5-13-7-15;1-7-5-3-2-4-6-7;1-5(2)4-6(3)7/h7-9H,4-6H2,1-3H3,(H,13,15)(H,14,16);2-6H,1H3;5-6H,4,7H2,1-3H3. The first-order valence-corrected chi connectivity index (χ1v) is 11.3. The number of carbonyl (C=O) groups is 3. The van der Waals surface area contributed by atoms with E-state index in [1.807, 2.05) is 39.0 Å². The van der Waals surface area contributed by atoms with Gasteiger partial charge in [0.25, 0.3) is 0 Å². The van der Waals surface area contributed by atoms with Gasteiger partial charge in [-0.3, -0.25) is 14.4 Å². The predicted octanol–water partition coefficient (Wildman–Crippen LogP) is 3.00. The number of hydrogen-bond donors (Lipinski definition) is 3. The van der Waals surface area contributed by atoms with E-state index < -0.39 is 11.6 Å². The van der Waals surface area contributed by atoms with Gasteiger partial charge < -0.3 is 21.1 Å². The van der Waals surface area contributed by atoms with Gasteiger partial charge in [0.1, 0.15) is 5.60 Å². The summed E-state index contributed by atoms with van der Waals surface area (Å²) in [4.78, 5) is 33.8. The van der Waals surface area contributed by atoms with Crippen molar-refractivity contribution in [2.24, 2.45) is 17.6 Å². The molecule has 1 aromatic rings. The minimum Gasteiger partial charge on any atom is -0.361 e. The third-order valence-corrected chi connectivity index (χ3v) is 4.59. The van der Waals surface area contributed by atoms with Crippen LogP contribution in [0, 0.1) is 18.8 Å². The Bertz CT molecular complexity index is 665. The number of aryl methyl sites for hydroxylation is 1. The predicted molar refractivity (Wildman–Crippen MR) is 129 cm³/mol. The molecule has 0 bridgehead atoms. The summed E-state index contributed by atoms with van der Waals surface area (Å²) < 4.78 is 5.11. The molecular weight excluding hydrogens is 406 g/mol. The molecule has 7 nitrogen and oxygen atoms in total. The minimum atomic E-state index is -0.745. The number of ketones is 1. The molecule has 4 N–H and O–H groups in total. The summed E-state index contributed by atoms with van der Waals surface area (Å²) in [6, 6.07) is 10.1. The molecule has 0 radical (unpaired) electrons. The average Bonchev–Trinajstić information content (AvgIpc) is 3.44. The SMILES string of the molecule is CC(C)CC(C)N.CC(C)CC(NC(=O)CNC=O)C(=O)C1(C)CO1.Cc1ccccc1. The number of carbonyl (C=O) groups excluding carboxylic acids is 3. The zero-order chi connectivity index (χ0) is 24.7. The van der Waals surface area contributed by atoms with Gasteiger partial charge >= 0.3 is 0 Å². The molecule has 0 aliphatic carbocycles. The maximum atomic E-state index is 12.1. The van der Waals surface area contributed by atoms with E-state index in [0.717, 1.165) is 12.3 Å². The lowest BCUT2D eigenvalue weighted by atomic mass is 9.93. The molecule has 1 aromatic carbocycles. The normalized spacial score (nSPS) is 18.3. The van der Waals surface area contributed by atoms with Crippen molar-refractivity contribution in [3.63, 3.8) is 0 Å². The number of Topliss-reactive ketones (excluding diaryl/α,β-unsaturated/α-hetero) is 1. The topological polar surface area (TPSA) is 114 Å². The van der Waals surface area contributed by atoms with Gasteiger partial charge in [0.15, 0.2) is 5.78 Å². The number of epoxide rings is 1. The molecule has 0 aromatic heterocycles. The Kier molecular flexibility index (Phi) is 14.4. The number of nitrogens with two attached hydrogens (primary N) is 1. The number of ether oxygens (including phenoxy) is 1. The van der Waals surface area contributed by atoms with E-state index in [1.54, 1.807) is 6.92 Å². The summed E-state index contributed by atoms with van der Waals surface area (Å²) in [5.41, 5.74) is 6.07. The Morgan fingerprint density at radius 1 is 1.09 bits per heavy atom. The lowest BCUT2D eigenvalue weighted by Gasteiger charge is -2.21. The average molecular weight is 450 g/mol. The van der Waals surface area contributed by atoms with Crippen LogP contribution in [0.3, 0.4) is 0 Å². The summed E-state index contributed by atoms with van der Waals surface area (Å²) in [7, 11) is 0. The van der Waals surface area contributed by atoms with Gasteiger partial charge in [-0.25, -0.2) is 0 Å². The summed E-state index contributed by atoms with van der Waals surface area (Å²) in [5, 5.41) is 4.90. The molecule has 1 fully saturated rings. The van der Waals surface area contributed by atoms with E-state index in [9.17, 15) is 14.4 Å². The molecule has 1 aliphatic heterocycles. The Morgan fingerprint density at radius 2 is 1.62 bits per heavy atom. The highest BCUT2D eigenvalue weighted by Crippen LogP contribution is 2.29. The molecule has 3 unspecified atom stereocenters. The van der Waals surface area contributed by atoms with Crippen molar-refractivity contribution in [3.05, 3.63) is 35.9 Å². The summed E-state index contributed by atoms with van der Waals surface area (Å²) in [6.07, 6.45) is 2.15. The summed E-state index contributed by atoms with van der Waals surface area (Å²) in [5.74, 6) is 0.557. The highest BCUT2D eigenvalue weighted by molar-refractivity contribution is 5.96. The third kappa shape index (κ3) is 14.7. The Balaban J connectivity index is 0.000000560. The van der Waals surface area contributed by atoms with Crippen LogP contribution in [0.2, 0.25) is 0 Å². The van der Waals surface area contributed by atoms with Crippen LogP contribution in [0.15, 0.2) is 30.3 Å². The zero-order valence-electron chi connectivity index (χ0n) is 20.8. The molecule has 3 atom stereocenters.